The molecule has 31 heavy (non-hydrogen) atoms. The van der Waals surface area contributed by atoms with Gasteiger partial charge in [0.25, 0.3) is 0 Å². The van der Waals surface area contributed by atoms with Crippen molar-refractivity contribution >= 4 is 35.1 Å². The van der Waals surface area contributed by atoms with E-state index in [0.717, 1.165) is 4.88 Å². The van der Waals surface area contributed by atoms with E-state index in [1.807, 2.05) is 17.5 Å². The van der Waals surface area contributed by atoms with Crippen LogP contribution in [0.3, 0.4) is 0 Å². The molecule has 0 fully saturated rings. The predicted octanol–water partition coefficient (Wildman–Crippen LogP) is 4.61. The Kier molecular flexibility index (Phi) is 5.68. The van der Waals surface area contributed by atoms with Crippen molar-refractivity contribution in [3.63, 3.8) is 0 Å². The van der Waals surface area contributed by atoms with Gasteiger partial charge in [-0.2, -0.15) is 0 Å². The summed E-state index contributed by atoms with van der Waals surface area (Å²) < 4.78 is 16.0. The summed E-state index contributed by atoms with van der Waals surface area (Å²) in [5.74, 6) is -0.175. The molecule has 0 atom stereocenters. The van der Waals surface area contributed by atoms with Crippen LogP contribution in [-0.4, -0.2) is 24.8 Å². The highest BCUT2D eigenvalue weighted by Gasteiger charge is 2.30. The maximum absolute atomic E-state index is 12.7. The molecule has 2 heterocycles. The Morgan fingerprint density at radius 2 is 1.87 bits per heavy atom. The number of esters is 2. The molecular formula is C24H18O6S. The Hall–Kier alpha value is -3.71. The van der Waals surface area contributed by atoms with E-state index < -0.39 is 5.97 Å². The van der Waals surface area contributed by atoms with E-state index in [9.17, 15) is 14.4 Å². The van der Waals surface area contributed by atoms with Gasteiger partial charge in [-0.25, -0.2) is 4.79 Å². The number of allylic oxidation sites excluding steroid dienone is 1. The van der Waals surface area contributed by atoms with Crippen LogP contribution in [-0.2, 0) is 16.0 Å². The lowest BCUT2D eigenvalue weighted by Crippen LogP contribution is -2.11. The zero-order valence-corrected chi connectivity index (χ0v) is 17.7. The molecule has 156 valence electrons. The van der Waals surface area contributed by atoms with Crippen molar-refractivity contribution in [2.24, 2.45) is 0 Å². The number of fused-ring (bicyclic) bond motifs is 1. The maximum Gasteiger partial charge on any atom is 0.337 e. The molecule has 1 aliphatic rings. The lowest BCUT2D eigenvalue weighted by molar-refractivity contribution is -0.133. The third-order valence-corrected chi connectivity index (χ3v) is 5.67. The number of carbonyl (C=O) groups excluding carboxylic acids is 3. The van der Waals surface area contributed by atoms with Crippen LogP contribution in [0.2, 0.25) is 0 Å². The second kappa shape index (κ2) is 8.57. The van der Waals surface area contributed by atoms with Gasteiger partial charge in [-0.3, -0.25) is 9.59 Å². The summed E-state index contributed by atoms with van der Waals surface area (Å²) in [5.41, 5.74) is 2.10. The number of methoxy groups -OCH3 is 1. The molecular weight excluding hydrogens is 416 g/mol. The Labute approximate surface area is 182 Å². The number of benzene rings is 2. The Bertz CT molecular complexity index is 1190. The minimum atomic E-state index is -0.434. The molecule has 6 nitrogen and oxygen atoms in total. The van der Waals surface area contributed by atoms with Crippen molar-refractivity contribution in [2.75, 3.05) is 7.11 Å². The summed E-state index contributed by atoms with van der Waals surface area (Å²) >= 11 is 1.49. The van der Waals surface area contributed by atoms with Crippen LogP contribution >= 0.6 is 11.3 Å². The smallest absolute Gasteiger partial charge is 0.337 e. The van der Waals surface area contributed by atoms with E-state index in [2.05, 4.69) is 4.74 Å². The predicted molar refractivity (Wildman–Crippen MR) is 116 cm³/mol. The summed E-state index contributed by atoms with van der Waals surface area (Å²) in [7, 11) is 1.32. The molecule has 1 aromatic heterocycles. The number of rotatable bonds is 5. The first-order valence-corrected chi connectivity index (χ1v) is 10.3. The van der Waals surface area contributed by atoms with Crippen LogP contribution in [0.25, 0.3) is 6.08 Å². The van der Waals surface area contributed by atoms with Gasteiger partial charge in [0.05, 0.1) is 24.7 Å². The topological polar surface area (TPSA) is 78.9 Å². The number of carbonyl (C=O) groups is 3. The van der Waals surface area contributed by atoms with Gasteiger partial charge in [0.15, 0.2) is 5.76 Å². The molecule has 0 saturated carbocycles. The normalized spacial score (nSPS) is 13.6. The van der Waals surface area contributed by atoms with Crippen LogP contribution in [0.1, 0.15) is 36.7 Å². The van der Waals surface area contributed by atoms with E-state index in [1.54, 1.807) is 49.4 Å². The highest BCUT2D eigenvalue weighted by Crippen LogP contribution is 2.39. The fourth-order valence-electron chi connectivity index (χ4n) is 3.18. The van der Waals surface area contributed by atoms with Crippen molar-refractivity contribution in [3.05, 3.63) is 86.8 Å². The van der Waals surface area contributed by atoms with Gasteiger partial charge in [0, 0.05) is 10.4 Å². The van der Waals surface area contributed by atoms with Crippen LogP contribution < -0.4 is 9.47 Å². The highest BCUT2D eigenvalue weighted by atomic mass is 32.1. The van der Waals surface area contributed by atoms with Gasteiger partial charge in [-0.15, -0.1) is 11.3 Å². The lowest BCUT2D eigenvalue weighted by Gasteiger charge is -2.09. The van der Waals surface area contributed by atoms with Gasteiger partial charge >= 0.3 is 11.9 Å². The van der Waals surface area contributed by atoms with Crippen molar-refractivity contribution in [2.45, 2.75) is 13.3 Å². The van der Waals surface area contributed by atoms with Gasteiger partial charge in [-0.05, 0) is 54.3 Å². The van der Waals surface area contributed by atoms with E-state index in [1.165, 1.54) is 18.4 Å². The number of ether oxygens (including phenoxy) is 3. The second-order valence-corrected chi connectivity index (χ2v) is 7.88. The quantitative estimate of drug-likeness (QED) is 0.332. The van der Waals surface area contributed by atoms with Crippen molar-refractivity contribution in [1.82, 2.24) is 0 Å². The minimum Gasteiger partial charge on any atom is -0.465 e. The highest BCUT2D eigenvalue weighted by molar-refractivity contribution is 7.10. The molecule has 0 amide bonds. The van der Waals surface area contributed by atoms with Gasteiger partial charge in [0.1, 0.15) is 11.5 Å². The molecule has 4 rings (SSSR count). The van der Waals surface area contributed by atoms with E-state index in [0.29, 0.717) is 33.8 Å². The average molecular weight is 434 g/mol. The molecule has 0 aliphatic carbocycles. The Balaban J connectivity index is 1.53. The fourth-order valence-corrected chi connectivity index (χ4v) is 3.87. The summed E-state index contributed by atoms with van der Waals surface area (Å²) in [6.45, 7) is 1.74. The van der Waals surface area contributed by atoms with Crippen molar-refractivity contribution < 1.29 is 28.6 Å². The van der Waals surface area contributed by atoms with Gasteiger partial charge < -0.3 is 14.2 Å². The molecule has 2 aromatic carbocycles. The standard InChI is InChI=1S/C24H18O6S/c1-14-19(29-21(25)13-17-4-3-11-31-17)10-9-18-22(26)20(30-23(14)18)12-15-5-7-16(8-6-15)24(27)28-2/h3-12H,13H2,1-2H3/b20-12-. The minimum absolute atomic E-state index is 0.158. The Morgan fingerprint density at radius 1 is 1.10 bits per heavy atom. The number of Topliss-reactive ketones (excluding diaryl/α,β-unsaturated/α-hetero) is 1. The lowest BCUT2D eigenvalue weighted by atomic mass is 10.1. The first-order chi connectivity index (χ1) is 15.0. The molecule has 3 aromatic rings. The summed E-state index contributed by atoms with van der Waals surface area (Å²) in [6.07, 6.45) is 1.78. The largest absolute Gasteiger partial charge is 0.465 e. The van der Waals surface area contributed by atoms with E-state index in [4.69, 9.17) is 9.47 Å². The number of hydrogen-bond donors (Lipinski definition) is 0. The average Bonchev–Trinajstić information content (AvgIpc) is 3.39. The summed E-state index contributed by atoms with van der Waals surface area (Å²) in [4.78, 5) is 37.4. The number of hydrogen-bond acceptors (Lipinski definition) is 7. The molecule has 0 radical (unpaired) electrons. The SMILES string of the molecule is COC(=O)c1ccc(/C=C2\Oc3c(ccc(OC(=O)Cc4cccs4)c3C)C2=O)cc1. The second-order valence-electron chi connectivity index (χ2n) is 6.85. The molecule has 0 bridgehead atoms. The molecule has 7 heteroatoms. The zero-order chi connectivity index (χ0) is 22.0. The third kappa shape index (κ3) is 4.27. The van der Waals surface area contributed by atoms with Crippen LogP contribution in [0.15, 0.2) is 59.7 Å². The fraction of sp³-hybridized carbons (Fsp3) is 0.125. The molecule has 0 N–H and O–H groups in total. The van der Waals surface area contributed by atoms with Gasteiger partial charge in [-0.1, -0.05) is 18.2 Å². The molecule has 1 aliphatic heterocycles. The number of ketones is 1. The maximum atomic E-state index is 12.7. The zero-order valence-electron chi connectivity index (χ0n) is 16.8. The summed E-state index contributed by atoms with van der Waals surface area (Å²) in [6, 6.07) is 13.6. The number of thiophene rings is 1. The third-order valence-electron chi connectivity index (χ3n) is 4.79. The van der Waals surface area contributed by atoms with E-state index >= 15 is 0 Å². The van der Waals surface area contributed by atoms with Crippen LogP contribution in [0, 0.1) is 6.92 Å². The van der Waals surface area contributed by atoms with Crippen molar-refractivity contribution in [1.29, 1.82) is 0 Å². The van der Waals surface area contributed by atoms with Crippen molar-refractivity contribution in [3.8, 4) is 11.5 Å². The molecule has 0 spiro atoms. The Morgan fingerprint density at radius 3 is 2.55 bits per heavy atom. The van der Waals surface area contributed by atoms with E-state index in [-0.39, 0.29) is 23.9 Å². The van der Waals surface area contributed by atoms with Crippen LogP contribution in [0.5, 0.6) is 11.5 Å². The first kappa shape index (κ1) is 20.6. The van der Waals surface area contributed by atoms with Gasteiger partial charge in [0.2, 0.25) is 5.78 Å². The monoisotopic (exact) mass is 434 g/mol. The summed E-state index contributed by atoms with van der Waals surface area (Å²) in [5, 5.41) is 1.90. The molecule has 0 saturated heterocycles. The first-order valence-electron chi connectivity index (χ1n) is 9.45. The molecule has 0 unspecified atom stereocenters. The van der Waals surface area contributed by atoms with Crippen LogP contribution in [0.4, 0.5) is 0 Å².